The number of unbranched alkanes of at least 4 members (excludes halogenated alkanes) is 12. The molecule has 0 fully saturated rings. The fourth-order valence-electron chi connectivity index (χ4n) is 10.9. The summed E-state index contributed by atoms with van der Waals surface area (Å²) in [6.07, 6.45) is 61.4. The number of hydrogen-bond donors (Lipinski definition) is 1. The molecule has 1 N–H and O–H groups in total. The average molecular weight is 1300 g/mol. The van der Waals surface area contributed by atoms with E-state index in [1.807, 2.05) is 45.3 Å². The molecule has 6 heterocycles. The molecule has 90 heavy (non-hydrogen) atoms. The van der Waals surface area contributed by atoms with Crippen molar-refractivity contribution in [3.05, 3.63) is 236 Å². The first-order valence-electron chi connectivity index (χ1n) is 33.3. The molecule has 0 bridgehead atoms. The number of aliphatic hydroxyl groups excluding tert-OH is 1. The van der Waals surface area contributed by atoms with Crippen LogP contribution < -0.4 is 0 Å². The van der Waals surface area contributed by atoms with E-state index in [0.29, 0.717) is 0 Å². The molecular weight excluding hydrogens is 1210 g/mol. The van der Waals surface area contributed by atoms with Gasteiger partial charge in [-0.1, -0.05) is 153 Å². The van der Waals surface area contributed by atoms with Gasteiger partial charge in [0.25, 0.3) is 0 Å². The van der Waals surface area contributed by atoms with Gasteiger partial charge >= 0.3 is 0 Å². The summed E-state index contributed by atoms with van der Waals surface area (Å²) in [5, 5.41) is 10.4. The molecule has 1 nitrogen and oxygen atoms in total. The van der Waals surface area contributed by atoms with E-state index in [4.69, 9.17) is 0 Å². The average Bonchev–Trinajstić information content (AvgIpc) is 4.19. The largest absolute Gasteiger partial charge is 0.392 e. The predicted molar refractivity (Wildman–Crippen MR) is 414 cm³/mol. The maximum absolute atomic E-state index is 10.4. The van der Waals surface area contributed by atoms with Crippen molar-refractivity contribution >= 4 is 165 Å². The molecule has 0 radical (unpaired) electrons. The minimum atomic E-state index is -0.0158. The summed E-state index contributed by atoms with van der Waals surface area (Å²) in [5.41, 5.74) is 10.2. The van der Waals surface area contributed by atoms with Gasteiger partial charge in [-0.25, -0.2) is 0 Å². The molecule has 9 rings (SSSR count). The van der Waals surface area contributed by atoms with E-state index in [2.05, 4.69) is 252 Å². The zero-order valence-corrected chi connectivity index (χ0v) is 58.5. The van der Waals surface area contributed by atoms with Crippen molar-refractivity contribution in [2.45, 2.75) is 163 Å². The zero-order valence-electron chi connectivity index (χ0n) is 53.6. The van der Waals surface area contributed by atoms with Crippen LogP contribution in [0.5, 0.6) is 0 Å². The lowest BCUT2D eigenvalue weighted by molar-refractivity contribution is 0.282. The molecule has 466 valence electrons. The number of aryl methyl sites for hydroxylation is 4. The second-order valence-electron chi connectivity index (χ2n) is 23.6. The second-order valence-corrected chi connectivity index (χ2v) is 30.7. The number of rotatable bonds is 37. The molecule has 0 saturated heterocycles. The summed E-state index contributed by atoms with van der Waals surface area (Å²) in [6, 6.07) is 47.4. The molecule has 0 saturated carbocycles. The van der Waals surface area contributed by atoms with Crippen LogP contribution in [-0.4, -0.2) is 5.11 Å². The molecule has 0 aliphatic rings. The van der Waals surface area contributed by atoms with Crippen molar-refractivity contribution in [3.8, 4) is 0 Å². The van der Waals surface area contributed by atoms with Gasteiger partial charge in [0.05, 0.1) is 6.61 Å². The summed E-state index contributed by atoms with van der Waals surface area (Å²) >= 11 is 11.3. The van der Waals surface area contributed by atoms with Crippen molar-refractivity contribution in [3.63, 3.8) is 0 Å². The van der Waals surface area contributed by atoms with Crippen LogP contribution in [0.25, 0.3) is 97.2 Å². The Morgan fingerprint density at radius 1 is 0.233 bits per heavy atom. The van der Waals surface area contributed by atoms with Crippen LogP contribution in [-0.2, 0) is 32.3 Å². The predicted octanol–water partition coefficient (Wildman–Crippen LogP) is 27.4. The van der Waals surface area contributed by atoms with Crippen LogP contribution in [0.3, 0.4) is 0 Å². The fourth-order valence-corrected chi connectivity index (χ4v) is 16.4. The summed E-state index contributed by atoms with van der Waals surface area (Å²) in [7, 11) is 0. The Labute approximate surface area is 564 Å². The fraction of sp³-hybridized carbons (Fsp3) is 0.301. The van der Waals surface area contributed by atoms with E-state index in [1.54, 1.807) is 22.7 Å². The molecule has 0 unspecified atom stereocenters. The molecule has 0 atom stereocenters. The van der Waals surface area contributed by atoms with Crippen LogP contribution in [0.2, 0.25) is 0 Å². The van der Waals surface area contributed by atoms with Crippen molar-refractivity contribution < 1.29 is 5.11 Å². The van der Waals surface area contributed by atoms with Gasteiger partial charge in [-0.15, -0.1) is 68.0 Å². The molecule has 6 aromatic heterocycles. The molecule has 0 spiro atoms. The maximum Gasteiger partial charge on any atom is 0.0682 e. The van der Waals surface area contributed by atoms with Gasteiger partial charge in [-0.05, 0) is 277 Å². The molecule has 7 heteroatoms. The Bertz CT molecular complexity index is 3450. The smallest absolute Gasteiger partial charge is 0.0682 e. The van der Waals surface area contributed by atoms with Crippen LogP contribution in [0, 0.1) is 0 Å². The first-order valence-corrected chi connectivity index (χ1v) is 38.2. The summed E-state index contributed by atoms with van der Waals surface area (Å²) in [5.74, 6) is 0. The van der Waals surface area contributed by atoms with Gasteiger partial charge in [0.1, 0.15) is 0 Å². The standard InChI is InChI=1S/C83H92OS6/c1-5-9-13-17-21-72-41-45-76(85-72)33-25-63-53-64(26-34-77-46-42-73(86-77)22-18-14-10-6-2)56-67(55-63)29-37-80-49-51-82(89-80)39-31-69-59-70(61-71(60-69)62-84)32-40-83-52-50-81(90-83)38-30-68-57-65(27-35-78-47-43-74(87-78)23-19-15-11-7-3)54-66(58-68)28-36-79-48-44-75(88-79)24-20-16-12-8-4/h25-61,84H,5-24,62H2,1-4H3/b33-25+,34-26+,35-27+,36-28+,37-29+,38-30+,39-31+,40-32+. The highest BCUT2D eigenvalue weighted by Gasteiger charge is 2.07. The van der Waals surface area contributed by atoms with E-state index in [9.17, 15) is 5.11 Å². The minimum Gasteiger partial charge on any atom is -0.392 e. The SMILES string of the molecule is CCCCCCc1ccc(/C=C/c2cc(/C=C/c3ccc(/C=C/c4cc(/C=C/c5ccc(/C=C/c6cc(/C=C/c7ccc(CCCCCC)s7)cc(/C=C/c7ccc(CCCCCC)s7)c6)s5)cc(CO)c4)s3)cc(/C=C/c3ccc(CCCCCC)s3)c2)s1. The van der Waals surface area contributed by atoms with E-state index < -0.39 is 0 Å². The van der Waals surface area contributed by atoms with Crippen LogP contribution >= 0.6 is 68.0 Å². The van der Waals surface area contributed by atoms with E-state index in [1.165, 1.54) is 220 Å². The van der Waals surface area contributed by atoms with Crippen molar-refractivity contribution in [1.29, 1.82) is 0 Å². The van der Waals surface area contributed by atoms with Crippen LogP contribution in [0.4, 0.5) is 0 Å². The molecule has 0 aliphatic heterocycles. The summed E-state index contributed by atoms with van der Waals surface area (Å²) in [4.78, 5) is 15.9. The van der Waals surface area contributed by atoms with Crippen LogP contribution in [0.1, 0.15) is 239 Å². The monoisotopic (exact) mass is 1300 g/mol. The van der Waals surface area contributed by atoms with E-state index >= 15 is 0 Å². The van der Waals surface area contributed by atoms with Gasteiger partial charge in [0, 0.05) is 58.5 Å². The Hall–Kier alpha value is -6.26. The topological polar surface area (TPSA) is 20.2 Å². The van der Waals surface area contributed by atoms with Gasteiger partial charge in [-0.3, -0.25) is 0 Å². The summed E-state index contributed by atoms with van der Waals surface area (Å²) in [6.45, 7) is 9.10. The lowest BCUT2D eigenvalue weighted by atomic mass is 10.0. The van der Waals surface area contributed by atoms with Gasteiger partial charge < -0.3 is 5.11 Å². The highest BCUT2D eigenvalue weighted by atomic mass is 32.1. The van der Waals surface area contributed by atoms with Gasteiger partial charge in [0.2, 0.25) is 0 Å². The molecule has 0 aliphatic carbocycles. The third kappa shape index (κ3) is 23.8. The number of thiophene rings is 6. The lowest BCUT2D eigenvalue weighted by Gasteiger charge is -2.03. The van der Waals surface area contributed by atoms with Gasteiger partial charge in [0.15, 0.2) is 0 Å². The second kappa shape index (κ2) is 37.9. The third-order valence-corrected chi connectivity index (χ3v) is 22.3. The Morgan fingerprint density at radius 3 is 0.644 bits per heavy atom. The number of benzene rings is 3. The molecule has 9 aromatic rings. The normalized spacial score (nSPS) is 12.4. The Morgan fingerprint density at radius 2 is 0.433 bits per heavy atom. The highest BCUT2D eigenvalue weighted by molar-refractivity contribution is 7.15. The Kier molecular flexibility index (Phi) is 28.7. The van der Waals surface area contributed by atoms with Crippen molar-refractivity contribution in [1.82, 2.24) is 0 Å². The van der Waals surface area contributed by atoms with Crippen LogP contribution in [0.15, 0.2) is 127 Å². The minimum absolute atomic E-state index is 0.0158. The molecular formula is C83H92OS6. The maximum atomic E-state index is 10.4. The quantitative estimate of drug-likeness (QED) is 0.0385. The Balaban J connectivity index is 0.855. The van der Waals surface area contributed by atoms with Crippen molar-refractivity contribution in [2.75, 3.05) is 0 Å². The lowest BCUT2D eigenvalue weighted by Crippen LogP contribution is -1.86. The third-order valence-electron chi connectivity index (χ3n) is 15.9. The first kappa shape index (κ1) is 68.1. The van der Waals surface area contributed by atoms with Gasteiger partial charge in [-0.2, -0.15) is 0 Å². The summed E-state index contributed by atoms with van der Waals surface area (Å²) < 4.78 is 0. The van der Waals surface area contributed by atoms with E-state index in [0.717, 1.165) is 16.7 Å². The molecule has 3 aromatic carbocycles. The number of hydrogen-bond acceptors (Lipinski definition) is 7. The van der Waals surface area contributed by atoms with Crippen molar-refractivity contribution in [2.24, 2.45) is 0 Å². The first-order chi connectivity index (χ1) is 44.3. The van der Waals surface area contributed by atoms with E-state index in [-0.39, 0.29) is 6.61 Å². The zero-order chi connectivity index (χ0) is 62.4. The number of aliphatic hydroxyl groups is 1. The molecule has 0 amide bonds. The highest BCUT2D eigenvalue weighted by Crippen LogP contribution is 2.30.